The molecule has 8 nitrogen and oxygen atoms in total. The average Bonchev–Trinajstić information content (AvgIpc) is 3.49. The Morgan fingerprint density at radius 3 is 2.66 bits per heavy atom. The van der Waals surface area contributed by atoms with Gasteiger partial charge in [-0.15, -0.1) is 0 Å². The third-order valence-corrected chi connectivity index (χ3v) is 5.95. The predicted octanol–water partition coefficient (Wildman–Crippen LogP) is 4.27. The Morgan fingerprint density at radius 1 is 1.16 bits per heavy atom. The predicted molar refractivity (Wildman–Crippen MR) is 119 cm³/mol. The van der Waals surface area contributed by atoms with Crippen LogP contribution in [0.15, 0.2) is 65.6 Å². The zero-order valence-electron chi connectivity index (χ0n) is 17.3. The first-order chi connectivity index (χ1) is 15.7. The smallest absolute Gasteiger partial charge is 0.309 e. The minimum Gasteiger partial charge on any atom is -0.455 e. The van der Waals surface area contributed by atoms with Crippen LogP contribution in [-0.2, 0) is 16.1 Å². The molecule has 32 heavy (non-hydrogen) atoms. The number of esters is 1. The van der Waals surface area contributed by atoms with Crippen molar-refractivity contribution in [2.45, 2.75) is 25.5 Å². The minimum absolute atomic E-state index is 0.179. The molecule has 1 aliphatic rings. The molecule has 1 saturated heterocycles. The standard InChI is InChI=1S/C23H22ClN5O3/c24-18-7-5-16(6-8-18)21(13-29-15-25-14-26-29)31-22(30)17-9-11-28(12-10-17)23-27-19-3-1-2-4-20(19)32-23/h1-8,14-15,17,21H,9-13H2. The van der Waals surface area contributed by atoms with Gasteiger partial charge >= 0.3 is 5.97 Å². The molecule has 1 fully saturated rings. The molecule has 0 amide bonds. The Kier molecular flexibility index (Phi) is 5.77. The summed E-state index contributed by atoms with van der Waals surface area (Å²) in [4.78, 5) is 23.6. The van der Waals surface area contributed by atoms with Crippen molar-refractivity contribution in [2.75, 3.05) is 18.0 Å². The second kappa shape index (κ2) is 9.00. The number of anilines is 1. The zero-order valence-corrected chi connectivity index (χ0v) is 18.1. The number of aromatic nitrogens is 4. The van der Waals surface area contributed by atoms with E-state index in [1.165, 1.54) is 6.33 Å². The Bertz CT molecular complexity index is 1150. The molecule has 9 heteroatoms. The quantitative estimate of drug-likeness (QED) is 0.404. The number of oxazole rings is 1. The van der Waals surface area contributed by atoms with Gasteiger partial charge in [0.05, 0.1) is 12.5 Å². The van der Waals surface area contributed by atoms with E-state index in [2.05, 4.69) is 20.0 Å². The van der Waals surface area contributed by atoms with Crippen molar-refractivity contribution in [1.29, 1.82) is 0 Å². The van der Waals surface area contributed by atoms with Gasteiger partial charge in [-0.3, -0.25) is 4.79 Å². The summed E-state index contributed by atoms with van der Waals surface area (Å²) in [7, 11) is 0. The van der Waals surface area contributed by atoms with Crippen LogP contribution >= 0.6 is 11.6 Å². The van der Waals surface area contributed by atoms with Gasteiger partial charge in [0.2, 0.25) is 0 Å². The normalized spacial score (nSPS) is 15.7. The molecule has 5 rings (SSSR count). The number of carbonyl (C=O) groups excluding carboxylic acids is 1. The highest BCUT2D eigenvalue weighted by Gasteiger charge is 2.30. The highest BCUT2D eigenvalue weighted by Crippen LogP contribution is 2.29. The maximum absolute atomic E-state index is 13.0. The maximum Gasteiger partial charge on any atom is 0.309 e. The summed E-state index contributed by atoms with van der Waals surface area (Å²) in [5, 5.41) is 4.78. The first-order valence-corrected chi connectivity index (χ1v) is 10.9. The van der Waals surface area contributed by atoms with Crippen LogP contribution in [0.5, 0.6) is 0 Å². The fraction of sp³-hybridized carbons (Fsp3) is 0.304. The van der Waals surface area contributed by atoms with Crippen molar-refractivity contribution in [3.05, 3.63) is 71.8 Å². The topological polar surface area (TPSA) is 86.3 Å². The summed E-state index contributed by atoms with van der Waals surface area (Å²) in [5.41, 5.74) is 2.47. The molecule has 0 spiro atoms. The number of rotatable bonds is 6. The van der Waals surface area contributed by atoms with Gasteiger partial charge in [-0.25, -0.2) is 9.67 Å². The van der Waals surface area contributed by atoms with E-state index in [9.17, 15) is 4.79 Å². The van der Waals surface area contributed by atoms with Crippen molar-refractivity contribution in [3.8, 4) is 0 Å². The number of piperidine rings is 1. The fourth-order valence-corrected chi connectivity index (χ4v) is 4.05. The molecule has 0 saturated carbocycles. The van der Waals surface area contributed by atoms with Crippen molar-refractivity contribution >= 4 is 34.7 Å². The SMILES string of the molecule is O=C(OC(Cn1cncn1)c1ccc(Cl)cc1)C1CCN(c2nc3ccccc3o2)CC1. The Morgan fingerprint density at radius 2 is 1.94 bits per heavy atom. The second-order valence-corrected chi connectivity index (χ2v) is 8.26. The van der Waals surface area contributed by atoms with Crippen molar-refractivity contribution in [3.63, 3.8) is 0 Å². The lowest BCUT2D eigenvalue weighted by molar-refractivity contribution is -0.156. The third-order valence-electron chi connectivity index (χ3n) is 5.70. The lowest BCUT2D eigenvalue weighted by Crippen LogP contribution is -2.37. The van der Waals surface area contributed by atoms with Gasteiger partial charge in [-0.1, -0.05) is 35.9 Å². The van der Waals surface area contributed by atoms with Crippen molar-refractivity contribution in [2.24, 2.45) is 5.92 Å². The molecule has 164 valence electrons. The van der Waals surface area contributed by atoms with Crippen LogP contribution in [0.25, 0.3) is 11.1 Å². The molecule has 4 aromatic rings. The molecule has 1 unspecified atom stereocenters. The van der Waals surface area contributed by atoms with Crippen LogP contribution in [-0.4, -0.2) is 38.8 Å². The van der Waals surface area contributed by atoms with Gasteiger partial charge in [-0.2, -0.15) is 10.1 Å². The molecule has 3 heterocycles. The van der Waals surface area contributed by atoms with Crippen molar-refractivity contribution < 1.29 is 13.9 Å². The number of fused-ring (bicyclic) bond motifs is 1. The number of benzene rings is 2. The van der Waals surface area contributed by atoms with Crippen LogP contribution < -0.4 is 4.90 Å². The number of nitrogens with zero attached hydrogens (tertiary/aromatic N) is 5. The number of hydrogen-bond acceptors (Lipinski definition) is 7. The van der Waals surface area contributed by atoms with E-state index in [-0.39, 0.29) is 11.9 Å². The van der Waals surface area contributed by atoms with Crippen molar-refractivity contribution in [1.82, 2.24) is 19.7 Å². The van der Waals surface area contributed by atoms with Gasteiger partial charge in [0.1, 0.15) is 24.3 Å². The lowest BCUT2D eigenvalue weighted by atomic mass is 9.97. The van der Waals surface area contributed by atoms with Gasteiger partial charge in [0.15, 0.2) is 5.58 Å². The number of ether oxygens (including phenoxy) is 1. The fourth-order valence-electron chi connectivity index (χ4n) is 3.92. The highest BCUT2D eigenvalue weighted by atomic mass is 35.5. The van der Waals surface area contributed by atoms with E-state index in [4.69, 9.17) is 20.8 Å². The molecular weight excluding hydrogens is 430 g/mol. The lowest BCUT2D eigenvalue weighted by Gasteiger charge is -2.30. The molecule has 2 aromatic carbocycles. The third kappa shape index (κ3) is 4.45. The van der Waals surface area contributed by atoms with E-state index < -0.39 is 6.10 Å². The summed E-state index contributed by atoms with van der Waals surface area (Å²) in [6, 6.07) is 15.6. The van der Waals surface area contributed by atoms with Crippen LogP contribution in [0.3, 0.4) is 0 Å². The van der Waals surface area contributed by atoms with E-state index >= 15 is 0 Å². The zero-order chi connectivity index (χ0) is 21.9. The molecule has 2 aromatic heterocycles. The van der Waals surface area contributed by atoms with Crippen LogP contribution in [0.4, 0.5) is 6.01 Å². The van der Waals surface area contributed by atoms with E-state index in [1.807, 2.05) is 36.4 Å². The molecular formula is C23H22ClN5O3. The highest BCUT2D eigenvalue weighted by molar-refractivity contribution is 6.30. The summed E-state index contributed by atoms with van der Waals surface area (Å²) < 4.78 is 13.5. The number of carbonyl (C=O) groups is 1. The minimum atomic E-state index is -0.475. The first kappa shape index (κ1) is 20.5. The van der Waals surface area contributed by atoms with E-state index in [1.54, 1.807) is 23.1 Å². The summed E-state index contributed by atoms with van der Waals surface area (Å²) in [6.07, 6.45) is 3.94. The Balaban J connectivity index is 1.24. The number of hydrogen-bond donors (Lipinski definition) is 0. The molecule has 1 atom stereocenters. The van der Waals surface area contributed by atoms with E-state index in [0.717, 1.165) is 16.7 Å². The summed E-state index contributed by atoms with van der Waals surface area (Å²) >= 11 is 6.02. The van der Waals surface area contributed by atoms with Gasteiger partial charge in [0.25, 0.3) is 6.01 Å². The van der Waals surface area contributed by atoms with Gasteiger partial charge in [-0.05, 0) is 42.7 Å². The van der Waals surface area contributed by atoms with Gasteiger partial charge < -0.3 is 14.1 Å². The monoisotopic (exact) mass is 451 g/mol. The molecule has 0 bridgehead atoms. The summed E-state index contributed by atoms with van der Waals surface area (Å²) in [6.45, 7) is 1.75. The summed E-state index contributed by atoms with van der Waals surface area (Å²) in [5.74, 6) is -0.386. The van der Waals surface area contributed by atoms with Crippen LogP contribution in [0, 0.1) is 5.92 Å². The van der Waals surface area contributed by atoms with Crippen LogP contribution in [0.2, 0.25) is 5.02 Å². The second-order valence-electron chi connectivity index (χ2n) is 7.82. The molecule has 0 N–H and O–H groups in total. The largest absolute Gasteiger partial charge is 0.455 e. The number of para-hydroxylation sites is 2. The Hall–Kier alpha value is -3.39. The van der Waals surface area contributed by atoms with Crippen LogP contribution in [0.1, 0.15) is 24.5 Å². The van der Waals surface area contributed by atoms with Gasteiger partial charge in [0, 0.05) is 18.1 Å². The maximum atomic E-state index is 13.0. The average molecular weight is 452 g/mol. The first-order valence-electron chi connectivity index (χ1n) is 10.5. The molecule has 1 aliphatic heterocycles. The molecule has 0 radical (unpaired) electrons. The molecule has 0 aliphatic carbocycles. The van der Waals surface area contributed by atoms with E-state index in [0.29, 0.717) is 43.5 Å². The number of halogens is 1. The Labute approximate surface area is 189 Å².